The maximum absolute atomic E-state index is 11.8. The van der Waals surface area contributed by atoms with Crippen molar-refractivity contribution in [2.45, 2.75) is 33.2 Å². The van der Waals surface area contributed by atoms with E-state index in [2.05, 4.69) is 5.32 Å². The molecule has 1 aromatic rings. The van der Waals surface area contributed by atoms with Crippen molar-refractivity contribution in [3.63, 3.8) is 0 Å². The van der Waals surface area contributed by atoms with E-state index in [1.54, 1.807) is 12.1 Å². The number of nitrogens with two attached hydrogens (primary N) is 1. The van der Waals surface area contributed by atoms with E-state index < -0.39 is 5.97 Å². The van der Waals surface area contributed by atoms with E-state index in [0.717, 1.165) is 12.0 Å². The van der Waals surface area contributed by atoms with Gasteiger partial charge in [0.1, 0.15) is 0 Å². The minimum Gasteiger partial charge on any atom is -0.452 e. The van der Waals surface area contributed by atoms with Crippen molar-refractivity contribution >= 4 is 17.6 Å². The zero-order valence-electron chi connectivity index (χ0n) is 11.5. The molecular weight excluding hydrogens is 244 g/mol. The Labute approximate surface area is 113 Å². The number of anilines is 1. The van der Waals surface area contributed by atoms with Gasteiger partial charge in [0.05, 0.1) is 5.56 Å². The second kappa shape index (κ2) is 6.78. The fourth-order valence-corrected chi connectivity index (χ4v) is 1.47. The summed E-state index contributed by atoms with van der Waals surface area (Å²) in [6.45, 7) is 5.41. The summed E-state index contributed by atoms with van der Waals surface area (Å²) in [5.74, 6) is -0.894. The van der Waals surface area contributed by atoms with Crippen molar-refractivity contribution in [2.24, 2.45) is 0 Å². The van der Waals surface area contributed by atoms with E-state index in [0.29, 0.717) is 5.69 Å². The summed E-state index contributed by atoms with van der Waals surface area (Å²) < 4.78 is 4.94. The molecule has 1 aromatic carbocycles. The third kappa shape index (κ3) is 4.62. The first-order chi connectivity index (χ1) is 8.93. The van der Waals surface area contributed by atoms with Crippen LogP contribution in [0.5, 0.6) is 0 Å². The first-order valence-corrected chi connectivity index (χ1v) is 6.26. The number of nitrogen functional groups attached to an aromatic ring is 1. The average Bonchev–Trinajstić information content (AvgIpc) is 2.38. The molecule has 1 atom stereocenters. The number of ether oxygens (including phenoxy) is 1. The number of rotatable bonds is 5. The Morgan fingerprint density at radius 1 is 1.42 bits per heavy atom. The molecule has 5 nitrogen and oxygen atoms in total. The molecule has 0 aromatic heterocycles. The zero-order chi connectivity index (χ0) is 14.4. The van der Waals surface area contributed by atoms with Gasteiger partial charge in [0, 0.05) is 11.7 Å². The van der Waals surface area contributed by atoms with Crippen LogP contribution in [-0.4, -0.2) is 24.5 Å². The van der Waals surface area contributed by atoms with E-state index in [1.165, 1.54) is 0 Å². The number of esters is 1. The van der Waals surface area contributed by atoms with Gasteiger partial charge in [0.15, 0.2) is 6.61 Å². The van der Waals surface area contributed by atoms with Crippen LogP contribution in [0.25, 0.3) is 0 Å². The predicted octanol–water partition coefficient (Wildman–Crippen LogP) is 1.65. The summed E-state index contributed by atoms with van der Waals surface area (Å²) in [5, 5.41) is 2.71. The van der Waals surface area contributed by atoms with Gasteiger partial charge in [-0.2, -0.15) is 0 Å². The third-order valence-corrected chi connectivity index (χ3v) is 2.78. The largest absolute Gasteiger partial charge is 0.452 e. The highest BCUT2D eigenvalue weighted by Crippen LogP contribution is 2.14. The minimum absolute atomic E-state index is 0.0650. The molecule has 0 bridgehead atoms. The van der Waals surface area contributed by atoms with Crippen LogP contribution in [0.3, 0.4) is 0 Å². The van der Waals surface area contributed by atoms with Gasteiger partial charge in [-0.05, 0) is 32.4 Å². The number of hydrogen-bond acceptors (Lipinski definition) is 4. The fourth-order valence-electron chi connectivity index (χ4n) is 1.47. The first kappa shape index (κ1) is 15.0. The second-order valence-corrected chi connectivity index (χ2v) is 4.54. The monoisotopic (exact) mass is 264 g/mol. The van der Waals surface area contributed by atoms with Crippen molar-refractivity contribution in [1.82, 2.24) is 5.32 Å². The lowest BCUT2D eigenvalue weighted by Gasteiger charge is -2.12. The highest BCUT2D eigenvalue weighted by Gasteiger charge is 2.14. The number of hydrogen-bond donors (Lipinski definition) is 2. The molecule has 0 aliphatic heterocycles. The van der Waals surface area contributed by atoms with Gasteiger partial charge in [0.2, 0.25) is 0 Å². The summed E-state index contributed by atoms with van der Waals surface area (Å²) in [6.07, 6.45) is 0.824. The number of carbonyl (C=O) groups is 2. The molecule has 104 valence electrons. The summed E-state index contributed by atoms with van der Waals surface area (Å²) in [6, 6.07) is 5.16. The topological polar surface area (TPSA) is 81.4 Å². The van der Waals surface area contributed by atoms with Crippen molar-refractivity contribution in [3.05, 3.63) is 29.3 Å². The zero-order valence-corrected chi connectivity index (χ0v) is 11.5. The lowest BCUT2D eigenvalue weighted by atomic mass is 10.1. The molecule has 0 fully saturated rings. The first-order valence-electron chi connectivity index (χ1n) is 6.26. The van der Waals surface area contributed by atoms with Gasteiger partial charge < -0.3 is 15.8 Å². The molecule has 19 heavy (non-hydrogen) atoms. The lowest BCUT2D eigenvalue weighted by Crippen LogP contribution is -2.35. The Morgan fingerprint density at radius 3 is 2.74 bits per heavy atom. The van der Waals surface area contributed by atoms with Gasteiger partial charge in [-0.25, -0.2) is 4.79 Å². The SMILES string of the molecule is CCC(C)NC(=O)COC(=O)c1cc(C)ccc1N. The predicted molar refractivity (Wildman–Crippen MR) is 73.8 cm³/mol. The molecule has 0 saturated carbocycles. The minimum atomic E-state index is -0.583. The normalized spacial score (nSPS) is 11.7. The fraction of sp³-hybridized carbons (Fsp3) is 0.429. The van der Waals surface area contributed by atoms with Gasteiger partial charge in [-0.3, -0.25) is 4.79 Å². The molecule has 3 N–H and O–H groups in total. The Balaban J connectivity index is 2.56. The maximum Gasteiger partial charge on any atom is 0.340 e. The second-order valence-electron chi connectivity index (χ2n) is 4.54. The third-order valence-electron chi connectivity index (χ3n) is 2.78. The van der Waals surface area contributed by atoms with Crippen LogP contribution in [0.4, 0.5) is 5.69 Å². The van der Waals surface area contributed by atoms with Crippen LogP contribution >= 0.6 is 0 Å². The van der Waals surface area contributed by atoms with Crippen molar-refractivity contribution in [1.29, 1.82) is 0 Å². The van der Waals surface area contributed by atoms with Crippen LogP contribution in [0.1, 0.15) is 36.2 Å². The number of aryl methyl sites for hydroxylation is 1. The average molecular weight is 264 g/mol. The molecule has 0 heterocycles. The van der Waals surface area contributed by atoms with E-state index in [-0.39, 0.29) is 24.1 Å². The standard InChI is InChI=1S/C14H20N2O3/c1-4-10(3)16-13(17)8-19-14(18)11-7-9(2)5-6-12(11)15/h5-7,10H,4,8,15H2,1-3H3,(H,16,17). The Morgan fingerprint density at radius 2 is 2.11 bits per heavy atom. The van der Waals surface area contributed by atoms with E-state index in [1.807, 2.05) is 26.8 Å². The van der Waals surface area contributed by atoms with Crippen molar-refractivity contribution < 1.29 is 14.3 Å². The molecular formula is C14H20N2O3. The van der Waals surface area contributed by atoms with Crippen molar-refractivity contribution in [3.8, 4) is 0 Å². The number of carbonyl (C=O) groups excluding carboxylic acids is 2. The van der Waals surface area contributed by atoms with Crippen LogP contribution in [0.2, 0.25) is 0 Å². The Bertz CT molecular complexity index is 472. The van der Waals surface area contributed by atoms with Crippen LogP contribution < -0.4 is 11.1 Å². The van der Waals surface area contributed by atoms with E-state index in [4.69, 9.17) is 10.5 Å². The van der Waals surface area contributed by atoms with Crippen LogP contribution in [-0.2, 0) is 9.53 Å². The van der Waals surface area contributed by atoms with Crippen LogP contribution in [0.15, 0.2) is 18.2 Å². The summed E-state index contributed by atoms with van der Waals surface area (Å²) in [4.78, 5) is 23.3. The molecule has 0 aliphatic rings. The van der Waals surface area contributed by atoms with Gasteiger partial charge in [0.25, 0.3) is 5.91 Å². The van der Waals surface area contributed by atoms with Crippen molar-refractivity contribution in [2.75, 3.05) is 12.3 Å². The van der Waals surface area contributed by atoms with Gasteiger partial charge >= 0.3 is 5.97 Å². The number of amides is 1. The highest BCUT2D eigenvalue weighted by atomic mass is 16.5. The molecule has 0 spiro atoms. The molecule has 5 heteroatoms. The summed E-state index contributed by atoms with van der Waals surface area (Å²) in [5.41, 5.74) is 7.24. The van der Waals surface area contributed by atoms with E-state index >= 15 is 0 Å². The number of benzene rings is 1. The smallest absolute Gasteiger partial charge is 0.340 e. The highest BCUT2D eigenvalue weighted by molar-refractivity contribution is 5.96. The summed E-state index contributed by atoms with van der Waals surface area (Å²) >= 11 is 0. The summed E-state index contributed by atoms with van der Waals surface area (Å²) in [7, 11) is 0. The molecule has 0 aliphatic carbocycles. The van der Waals surface area contributed by atoms with Gasteiger partial charge in [-0.1, -0.05) is 18.6 Å². The lowest BCUT2D eigenvalue weighted by molar-refractivity contribution is -0.124. The maximum atomic E-state index is 11.8. The molecule has 0 saturated heterocycles. The Hall–Kier alpha value is -2.04. The Kier molecular flexibility index (Phi) is 5.36. The van der Waals surface area contributed by atoms with E-state index in [9.17, 15) is 9.59 Å². The molecule has 1 rings (SSSR count). The molecule has 0 radical (unpaired) electrons. The quantitative estimate of drug-likeness (QED) is 0.626. The molecule has 1 amide bonds. The van der Waals surface area contributed by atoms with Gasteiger partial charge in [-0.15, -0.1) is 0 Å². The molecule has 1 unspecified atom stereocenters. The van der Waals surface area contributed by atoms with Crippen LogP contribution in [0, 0.1) is 6.92 Å². The number of nitrogens with one attached hydrogen (secondary N) is 1.